The van der Waals surface area contributed by atoms with E-state index in [1.165, 1.54) is 0 Å². The summed E-state index contributed by atoms with van der Waals surface area (Å²) in [5.41, 5.74) is 0.594. The summed E-state index contributed by atoms with van der Waals surface area (Å²) in [6.07, 6.45) is 3.75. The topological polar surface area (TPSA) is 51.7 Å². The first-order valence-corrected chi connectivity index (χ1v) is 6.83. The molecule has 0 saturated carbocycles. The lowest BCUT2D eigenvalue weighted by Gasteiger charge is -2.42. The minimum atomic E-state index is -0.341. The van der Waals surface area contributed by atoms with Crippen molar-refractivity contribution >= 4 is 5.91 Å². The smallest absolute Gasteiger partial charge is 0.227 e. The summed E-state index contributed by atoms with van der Waals surface area (Å²) in [5, 5.41) is 0. The zero-order chi connectivity index (χ0) is 14.6. The quantitative estimate of drug-likeness (QED) is 0.832. The Morgan fingerprint density at radius 2 is 2.40 bits per heavy atom. The van der Waals surface area contributed by atoms with Crippen LogP contribution in [-0.4, -0.2) is 54.3 Å². The molecule has 1 aliphatic heterocycles. The molecule has 2 heterocycles. The van der Waals surface area contributed by atoms with Crippen LogP contribution in [0.15, 0.2) is 24.5 Å². The first-order valence-electron chi connectivity index (χ1n) is 6.83. The molecule has 1 amide bonds. The first-order chi connectivity index (χ1) is 9.50. The van der Waals surface area contributed by atoms with E-state index in [1.54, 1.807) is 19.5 Å². The minimum Gasteiger partial charge on any atom is -0.382 e. The number of hydrogen-bond donors (Lipinski definition) is 0. The van der Waals surface area contributed by atoms with Gasteiger partial charge in [0.25, 0.3) is 0 Å². The Hall–Kier alpha value is -1.46. The van der Waals surface area contributed by atoms with E-state index in [4.69, 9.17) is 9.47 Å². The number of carbonyl (C=O) groups excluding carboxylic acids is 1. The summed E-state index contributed by atoms with van der Waals surface area (Å²) >= 11 is 0. The summed E-state index contributed by atoms with van der Waals surface area (Å²) in [5.74, 6) is 0.107. The van der Waals surface area contributed by atoms with Crippen molar-refractivity contribution in [2.45, 2.75) is 32.0 Å². The number of carbonyl (C=O) groups is 1. The molecule has 1 aliphatic rings. The average Bonchev–Trinajstić information content (AvgIpc) is 2.38. The third-order valence-corrected chi connectivity index (χ3v) is 3.26. The van der Waals surface area contributed by atoms with Crippen LogP contribution in [0.5, 0.6) is 0 Å². The van der Waals surface area contributed by atoms with Crippen LogP contribution in [0, 0.1) is 0 Å². The van der Waals surface area contributed by atoms with Gasteiger partial charge in [-0.25, -0.2) is 0 Å². The molecule has 1 unspecified atom stereocenters. The van der Waals surface area contributed by atoms with Crippen molar-refractivity contribution in [3.8, 4) is 0 Å². The standard InChI is InChI=1S/C15H22N2O3/c1-15(2)11-17(9-13(20-15)10-19-3)14(18)7-12-5-4-6-16-8-12/h4-6,8,13H,7,9-11H2,1-3H3. The highest BCUT2D eigenvalue weighted by atomic mass is 16.5. The molecule has 0 aromatic carbocycles. The zero-order valence-corrected chi connectivity index (χ0v) is 12.3. The molecule has 20 heavy (non-hydrogen) atoms. The van der Waals surface area contributed by atoms with E-state index in [-0.39, 0.29) is 17.6 Å². The van der Waals surface area contributed by atoms with Gasteiger partial charge in [0, 0.05) is 32.6 Å². The summed E-state index contributed by atoms with van der Waals surface area (Å²) < 4.78 is 11.1. The van der Waals surface area contributed by atoms with E-state index < -0.39 is 0 Å². The van der Waals surface area contributed by atoms with Gasteiger partial charge in [0.15, 0.2) is 0 Å². The number of methoxy groups -OCH3 is 1. The lowest BCUT2D eigenvalue weighted by molar-refractivity contribution is -0.168. The normalized spacial score (nSPS) is 21.8. The molecule has 1 aromatic rings. The van der Waals surface area contributed by atoms with Crippen molar-refractivity contribution in [3.63, 3.8) is 0 Å². The van der Waals surface area contributed by atoms with E-state index in [2.05, 4.69) is 4.98 Å². The number of hydrogen-bond acceptors (Lipinski definition) is 4. The van der Waals surface area contributed by atoms with Crippen LogP contribution in [-0.2, 0) is 20.7 Å². The maximum atomic E-state index is 12.4. The first kappa shape index (κ1) is 14.9. The predicted octanol–water partition coefficient (Wildman–Crippen LogP) is 1.28. The molecule has 5 heteroatoms. The molecule has 0 spiro atoms. The summed E-state index contributed by atoms with van der Waals surface area (Å²) in [4.78, 5) is 18.3. The molecular weight excluding hydrogens is 256 g/mol. The maximum absolute atomic E-state index is 12.4. The van der Waals surface area contributed by atoms with Gasteiger partial charge in [-0.2, -0.15) is 0 Å². The highest BCUT2D eigenvalue weighted by molar-refractivity contribution is 5.78. The van der Waals surface area contributed by atoms with Gasteiger partial charge in [0.1, 0.15) is 0 Å². The summed E-state index contributed by atoms with van der Waals surface area (Å²) in [7, 11) is 1.65. The van der Waals surface area contributed by atoms with E-state index in [9.17, 15) is 4.79 Å². The van der Waals surface area contributed by atoms with Crippen molar-refractivity contribution in [1.82, 2.24) is 9.88 Å². The van der Waals surface area contributed by atoms with Crippen LogP contribution in [0.4, 0.5) is 0 Å². The predicted molar refractivity (Wildman–Crippen MR) is 75.3 cm³/mol. The molecule has 0 N–H and O–H groups in total. The van der Waals surface area contributed by atoms with E-state index in [0.717, 1.165) is 5.56 Å². The van der Waals surface area contributed by atoms with Crippen LogP contribution in [0.3, 0.4) is 0 Å². The zero-order valence-electron chi connectivity index (χ0n) is 12.3. The lowest BCUT2D eigenvalue weighted by Crippen LogP contribution is -2.56. The molecule has 0 aliphatic carbocycles. The molecular formula is C15H22N2O3. The van der Waals surface area contributed by atoms with Gasteiger partial charge < -0.3 is 14.4 Å². The fraction of sp³-hybridized carbons (Fsp3) is 0.600. The molecule has 1 fully saturated rings. The third-order valence-electron chi connectivity index (χ3n) is 3.26. The largest absolute Gasteiger partial charge is 0.382 e. The van der Waals surface area contributed by atoms with Gasteiger partial charge in [-0.15, -0.1) is 0 Å². The SMILES string of the molecule is COCC1CN(C(=O)Cc2cccnc2)CC(C)(C)O1. The fourth-order valence-electron chi connectivity index (χ4n) is 2.55. The molecule has 1 saturated heterocycles. The number of morpholine rings is 1. The molecule has 0 bridgehead atoms. The van der Waals surface area contributed by atoms with E-state index in [0.29, 0.717) is 26.1 Å². The van der Waals surface area contributed by atoms with Crippen LogP contribution < -0.4 is 0 Å². The van der Waals surface area contributed by atoms with E-state index in [1.807, 2.05) is 30.9 Å². The van der Waals surface area contributed by atoms with Crippen molar-refractivity contribution < 1.29 is 14.3 Å². The second-order valence-corrected chi connectivity index (χ2v) is 5.77. The van der Waals surface area contributed by atoms with Crippen molar-refractivity contribution in [2.75, 3.05) is 26.8 Å². The second kappa shape index (κ2) is 6.33. The molecule has 0 radical (unpaired) electrons. The number of aromatic nitrogens is 1. The minimum absolute atomic E-state index is 0.0680. The van der Waals surface area contributed by atoms with Gasteiger partial charge >= 0.3 is 0 Å². The molecule has 1 aromatic heterocycles. The highest BCUT2D eigenvalue weighted by Gasteiger charge is 2.35. The monoisotopic (exact) mass is 278 g/mol. The number of nitrogens with zero attached hydrogens (tertiary/aromatic N) is 2. The van der Waals surface area contributed by atoms with E-state index >= 15 is 0 Å². The Morgan fingerprint density at radius 1 is 1.60 bits per heavy atom. The maximum Gasteiger partial charge on any atom is 0.227 e. The van der Waals surface area contributed by atoms with Crippen LogP contribution in [0.1, 0.15) is 19.4 Å². The average molecular weight is 278 g/mol. The highest BCUT2D eigenvalue weighted by Crippen LogP contribution is 2.21. The molecule has 2 rings (SSSR count). The van der Waals surface area contributed by atoms with Gasteiger partial charge in [0.2, 0.25) is 5.91 Å². The summed E-state index contributed by atoms with van der Waals surface area (Å²) in [6, 6.07) is 3.77. The Labute approximate surface area is 119 Å². The van der Waals surface area contributed by atoms with Crippen molar-refractivity contribution in [1.29, 1.82) is 0 Å². The molecule has 110 valence electrons. The molecule has 5 nitrogen and oxygen atoms in total. The third kappa shape index (κ3) is 4.02. The Bertz CT molecular complexity index is 448. The van der Waals surface area contributed by atoms with Crippen molar-refractivity contribution in [3.05, 3.63) is 30.1 Å². The molecule has 1 atom stereocenters. The van der Waals surface area contributed by atoms with Crippen molar-refractivity contribution in [2.24, 2.45) is 0 Å². The van der Waals surface area contributed by atoms with Gasteiger partial charge in [-0.1, -0.05) is 6.07 Å². The second-order valence-electron chi connectivity index (χ2n) is 5.77. The summed E-state index contributed by atoms with van der Waals surface area (Å²) in [6.45, 7) is 5.68. The number of pyridine rings is 1. The van der Waals surface area contributed by atoms with Crippen LogP contribution >= 0.6 is 0 Å². The number of amides is 1. The van der Waals surface area contributed by atoms with Crippen LogP contribution in [0.25, 0.3) is 0 Å². The Balaban J connectivity index is 2.01. The number of ether oxygens (including phenoxy) is 2. The van der Waals surface area contributed by atoms with Gasteiger partial charge in [0.05, 0.1) is 24.7 Å². The Kier molecular flexibility index (Phi) is 4.73. The van der Waals surface area contributed by atoms with Gasteiger partial charge in [-0.3, -0.25) is 9.78 Å². The number of rotatable bonds is 4. The lowest BCUT2D eigenvalue weighted by atomic mass is 10.0. The Morgan fingerprint density at radius 3 is 3.05 bits per heavy atom. The fourth-order valence-corrected chi connectivity index (χ4v) is 2.55. The van der Waals surface area contributed by atoms with Gasteiger partial charge in [-0.05, 0) is 25.5 Å². The van der Waals surface area contributed by atoms with Crippen LogP contribution in [0.2, 0.25) is 0 Å².